The van der Waals surface area contributed by atoms with Crippen LogP contribution in [0.4, 0.5) is 0 Å². The summed E-state index contributed by atoms with van der Waals surface area (Å²) in [7, 11) is 0. The molecule has 1 saturated carbocycles. The fraction of sp³-hybridized carbons (Fsp3) is 0.625. The molecule has 1 fully saturated rings. The second-order valence-electron chi connectivity index (χ2n) is 5.28. The van der Waals surface area contributed by atoms with E-state index in [0.29, 0.717) is 13.2 Å². The molecule has 0 amide bonds. The van der Waals surface area contributed by atoms with Crippen molar-refractivity contribution in [3.8, 4) is 5.75 Å². The largest absolute Gasteiger partial charge is 0.494 e. The van der Waals surface area contributed by atoms with Crippen molar-refractivity contribution >= 4 is 0 Å². The monoisotopic (exact) mass is 278 g/mol. The first kappa shape index (κ1) is 15.3. The summed E-state index contributed by atoms with van der Waals surface area (Å²) >= 11 is 0. The molecule has 1 unspecified atom stereocenters. The van der Waals surface area contributed by atoms with Crippen LogP contribution < -0.4 is 16.0 Å². The molecule has 0 radical (unpaired) electrons. The van der Waals surface area contributed by atoms with Crippen LogP contribution in [-0.2, 0) is 4.74 Å². The van der Waals surface area contributed by atoms with Crippen molar-refractivity contribution in [3.05, 3.63) is 29.8 Å². The van der Waals surface area contributed by atoms with E-state index in [2.05, 4.69) is 11.5 Å². The molecule has 20 heavy (non-hydrogen) atoms. The topological polar surface area (TPSA) is 56.5 Å². The molecule has 4 nitrogen and oxygen atoms in total. The minimum atomic E-state index is -0.212. The first-order chi connectivity index (χ1) is 9.77. The van der Waals surface area contributed by atoms with Crippen molar-refractivity contribution < 1.29 is 9.47 Å². The van der Waals surface area contributed by atoms with Gasteiger partial charge >= 0.3 is 0 Å². The molecule has 3 N–H and O–H groups in total. The van der Waals surface area contributed by atoms with Crippen LogP contribution in [-0.4, -0.2) is 18.8 Å². The van der Waals surface area contributed by atoms with Gasteiger partial charge in [-0.25, -0.2) is 5.43 Å². The Balaban J connectivity index is 2.35. The molecular formula is C16H26N2O2. The van der Waals surface area contributed by atoms with Gasteiger partial charge in [0.25, 0.3) is 0 Å². The van der Waals surface area contributed by atoms with Gasteiger partial charge in [-0.1, -0.05) is 31.0 Å². The molecule has 0 saturated heterocycles. The Morgan fingerprint density at radius 1 is 1.20 bits per heavy atom. The Kier molecular flexibility index (Phi) is 5.40. The fourth-order valence-electron chi connectivity index (χ4n) is 3.31. The zero-order valence-electron chi connectivity index (χ0n) is 12.5. The van der Waals surface area contributed by atoms with Crippen LogP contribution in [0.3, 0.4) is 0 Å². The predicted molar refractivity (Wildman–Crippen MR) is 80.5 cm³/mol. The van der Waals surface area contributed by atoms with Gasteiger partial charge in [0.05, 0.1) is 18.2 Å². The molecule has 4 heteroatoms. The van der Waals surface area contributed by atoms with Gasteiger partial charge in [-0.15, -0.1) is 0 Å². The Hall–Kier alpha value is -1.10. The number of hydrogen-bond donors (Lipinski definition) is 2. The zero-order valence-corrected chi connectivity index (χ0v) is 12.5. The Labute approximate surface area is 121 Å². The van der Waals surface area contributed by atoms with Gasteiger partial charge in [0.15, 0.2) is 0 Å². The Morgan fingerprint density at radius 3 is 2.50 bits per heavy atom. The van der Waals surface area contributed by atoms with Crippen LogP contribution in [0.2, 0.25) is 0 Å². The van der Waals surface area contributed by atoms with Crippen molar-refractivity contribution in [2.75, 3.05) is 13.2 Å². The average molecular weight is 278 g/mol. The summed E-state index contributed by atoms with van der Waals surface area (Å²) in [4.78, 5) is 0. The predicted octanol–water partition coefficient (Wildman–Crippen LogP) is 2.94. The molecule has 0 aromatic heterocycles. The third kappa shape index (κ3) is 2.97. The summed E-state index contributed by atoms with van der Waals surface area (Å²) in [5, 5.41) is 0. The van der Waals surface area contributed by atoms with Gasteiger partial charge in [-0.05, 0) is 32.8 Å². The number of hydrazine groups is 1. The fourth-order valence-corrected chi connectivity index (χ4v) is 3.31. The number of ether oxygens (including phenoxy) is 2. The normalized spacial score (nSPS) is 18.9. The quantitative estimate of drug-likeness (QED) is 0.595. The summed E-state index contributed by atoms with van der Waals surface area (Å²) < 4.78 is 11.9. The number of nitrogens with two attached hydrogens (primary N) is 1. The van der Waals surface area contributed by atoms with E-state index >= 15 is 0 Å². The number of benzene rings is 1. The van der Waals surface area contributed by atoms with E-state index in [1.165, 1.54) is 12.8 Å². The van der Waals surface area contributed by atoms with E-state index < -0.39 is 0 Å². The minimum absolute atomic E-state index is 0.0345. The van der Waals surface area contributed by atoms with Crippen LogP contribution in [0, 0.1) is 0 Å². The lowest BCUT2D eigenvalue weighted by Crippen LogP contribution is -2.47. The van der Waals surface area contributed by atoms with Crippen LogP contribution >= 0.6 is 0 Å². The van der Waals surface area contributed by atoms with Crippen molar-refractivity contribution in [1.29, 1.82) is 0 Å². The Morgan fingerprint density at radius 2 is 1.90 bits per heavy atom. The summed E-state index contributed by atoms with van der Waals surface area (Å²) in [6, 6.07) is 8.06. The van der Waals surface area contributed by atoms with E-state index in [-0.39, 0.29) is 11.6 Å². The van der Waals surface area contributed by atoms with Gasteiger partial charge in [0.1, 0.15) is 5.75 Å². The van der Waals surface area contributed by atoms with E-state index in [1.807, 2.05) is 32.0 Å². The first-order valence-electron chi connectivity index (χ1n) is 7.59. The van der Waals surface area contributed by atoms with Gasteiger partial charge in [0.2, 0.25) is 0 Å². The maximum atomic E-state index is 6.13. The van der Waals surface area contributed by atoms with Gasteiger partial charge in [-0.3, -0.25) is 5.84 Å². The summed E-state index contributed by atoms with van der Waals surface area (Å²) in [6.45, 7) is 5.39. The molecule has 0 bridgehead atoms. The third-order valence-corrected chi connectivity index (χ3v) is 4.10. The second-order valence-corrected chi connectivity index (χ2v) is 5.28. The summed E-state index contributed by atoms with van der Waals surface area (Å²) in [5.74, 6) is 6.77. The van der Waals surface area contributed by atoms with Gasteiger partial charge in [-0.2, -0.15) is 0 Å². The third-order valence-electron chi connectivity index (χ3n) is 4.10. The van der Waals surface area contributed by atoms with E-state index in [9.17, 15) is 0 Å². The highest BCUT2D eigenvalue weighted by Crippen LogP contribution is 2.44. The molecule has 0 spiro atoms. The molecule has 1 atom stereocenters. The smallest absolute Gasteiger partial charge is 0.124 e. The standard InChI is InChI=1S/C16H26N2O2/c1-3-19-14-10-6-5-9-13(14)15(18-17)16(20-4-2)11-7-8-12-16/h5-6,9-10,15,18H,3-4,7-8,11-12,17H2,1-2H3. The lowest BCUT2D eigenvalue weighted by atomic mass is 9.86. The van der Waals surface area contributed by atoms with E-state index in [1.54, 1.807) is 0 Å². The molecule has 112 valence electrons. The molecule has 2 rings (SSSR count). The number of hydrogen-bond acceptors (Lipinski definition) is 4. The first-order valence-corrected chi connectivity index (χ1v) is 7.59. The highest BCUT2D eigenvalue weighted by atomic mass is 16.5. The second kappa shape index (κ2) is 7.07. The molecule has 1 aliphatic rings. The average Bonchev–Trinajstić information content (AvgIpc) is 2.92. The molecule has 0 aliphatic heterocycles. The Bertz CT molecular complexity index is 417. The lowest BCUT2D eigenvalue weighted by Gasteiger charge is -2.37. The lowest BCUT2D eigenvalue weighted by molar-refractivity contribution is -0.0632. The minimum Gasteiger partial charge on any atom is -0.494 e. The molecule has 0 heterocycles. The maximum Gasteiger partial charge on any atom is 0.124 e. The van der Waals surface area contributed by atoms with Crippen molar-refractivity contribution in [2.24, 2.45) is 5.84 Å². The van der Waals surface area contributed by atoms with Crippen molar-refractivity contribution in [2.45, 2.75) is 51.2 Å². The van der Waals surface area contributed by atoms with E-state index in [0.717, 1.165) is 24.2 Å². The molecular weight excluding hydrogens is 252 g/mol. The zero-order chi connectivity index (χ0) is 14.4. The van der Waals surface area contributed by atoms with Crippen LogP contribution in [0.5, 0.6) is 5.75 Å². The molecule has 1 aromatic carbocycles. The summed E-state index contributed by atoms with van der Waals surface area (Å²) in [6.07, 6.45) is 4.45. The van der Waals surface area contributed by atoms with Gasteiger partial charge < -0.3 is 9.47 Å². The van der Waals surface area contributed by atoms with Crippen molar-refractivity contribution in [1.82, 2.24) is 5.43 Å². The van der Waals surface area contributed by atoms with Gasteiger partial charge in [0, 0.05) is 12.2 Å². The SMILES string of the molecule is CCOc1ccccc1C(NN)C1(OCC)CCCC1. The van der Waals surface area contributed by atoms with E-state index in [4.69, 9.17) is 15.3 Å². The van der Waals surface area contributed by atoms with Crippen LogP contribution in [0.15, 0.2) is 24.3 Å². The maximum absolute atomic E-state index is 6.13. The number of para-hydroxylation sites is 1. The molecule has 1 aliphatic carbocycles. The highest BCUT2D eigenvalue weighted by molar-refractivity contribution is 5.38. The summed E-state index contributed by atoms with van der Waals surface area (Å²) in [5.41, 5.74) is 3.86. The highest BCUT2D eigenvalue weighted by Gasteiger charge is 2.43. The van der Waals surface area contributed by atoms with Crippen LogP contribution in [0.1, 0.15) is 51.1 Å². The number of rotatable bonds is 7. The molecule has 1 aromatic rings. The number of nitrogens with one attached hydrogen (secondary N) is 1. The van der Waals surface area contributed by atoms with Crippen LogP contribution in [0.25, 0.3) is 0 Å². The van der Waals surface area contributed by atoms with Crippen molar-refractivity contribution in [3.63, 3.8) is 0 Å².